The Morgan fingerprint density at radius 2 is 1.15 bits per heavy atom. The van der Waals surface area contributed by atoms with Crippen molar-refractivity contribution >= 4 is 44.6 Å². The normalized spacial score (nSPS) is 16.2. The van der Waals surface area contributed by atoms with Gasteiger partial charge in [0.1, 0.15) is 24.0 Å². The molecule has 2 aromatic heterocycles. The number of anilines is 4. The van der Waals surface area contributed by atoms with Crippen molar-refractivity contribution in [3.63, 3.8) is 0 Å². The number of aromatic nitrogens is 2. The number of rotatable bonds is 8. The molecule has 0 fully saturated rings. The first-order valence-corrected chi connectivity index (χ1v) is 22.7. The van der Waals surface area contributed by atoms with Crippen LogP contribution >= 0.6 is 0 Å². The molecule has 0 saturated heterocycles. The predicted molar refractivity (Wildman–Crippen MR) is 286 cm³/mol. The van der Waals surface area contributed by atoms with Gasteiger partial charge < -0.3 is 14.5 Å². The maximum Gasteiger partial charge on any atom is 0.137 e. The molecule has 8 aromatic carbocycles. The van der Waals surface area contributed by atoms with Crippen molar-refractivity contribution < 1.29 is 21.2 Å². The zero-order valence-electron chi connectivity index (χ0n) is 50.0. The highest BCUT2D eigenvalue weighted by Gasteiger charge is 2.32. The lowest BCUT2D eigenvalue weighted by atomic mass is 9.85. The molecular formula is C63H56N4O. The van der Waals surface area contributed by atoms with E-state index in [1.54, 1.807) is 30.3 Å². The van der Waals surface area contributed by atoms with Gasteiger partial charge in [-0.25, -0.2) is 4.98 Å². The molecule has 11 rings (SSSR count). The first-order valence-electron chi connectivity index (χ1n) is 28.7. The molecule has 0 aliphatic carbocycles. The molecular weight excluding hydrogens is 829 g/mol. The van der Waals surface area contributed by atoms with Crippen LogP contribution in [-0.4, -0.2) is 16.2 Å². The van der Waals surface area contributed by atoms with Crippen molar-refractivity contribution in [1.29, 1.82) is 0 Å². The number of ether oxygens (including phenoxy) is 1. The molecule has 0 amide bonds. The summed E-state index contributed by atoms with van der Waals surface area (Å²) < 4.78 is 111. The van der Waals surface area contributed by atoms with Crippen molar-refractivity contribution in [2.45, 2.75) is 59.0 Å². The molecule has 0 bridgehead atoms. The summed E-state index contributed by atoms with van der Waals surface area (Å²) in [6.45, 7) is -5.94. The van der Waals surface area contributed by atoms with E-state index in [-0.39, 0.29) is 23.2 Å². The average Bonchev–Trinajstić information content (AvgIpc) is 4.03. The van der Waals surface area contributed by atoms with Crippen molar-refractivity contribution in [3.05, 3.63) is 217 Å². The molecule has 0 unspecified atom stereocenters. The number of fused-ring (bicyclic) bond motifs is 4. The second-order valence-corrected chi connectivity index (χ2v) is 18.4. The molecule has 68 heavy (non-hydrogen) atoms. The molecule has 10 aromatic rings. The smallest absolute Gasteiger partial charge is 0.137 e. The number of benzene rings is 8. The van der Waals surface area contributed by atoms with Crippen LogP contribution in [0.3, 0.4) is 0 Å². The van der Waals surface area contributed by atoms with Gasteiger partial charge in [0.2, 0.25) is 0 Å². The van der Waals surface area contributed by atoms with Gasteiger partial charge in [-0.1, -0.05) is 169 Å². The summed E-state index contributed by atoms with van der Waals surface area (Å²) in [5, 5.41) is 2.16. The Balaban J connectivity index is 1.02. The van der Waals surface area contributed by atoms with Crippen molar-refractivity contribution in [2.75, 3.05) is 16.5 Å². The second kappa shape index (κ2) is 16.8. The van der Waals surface area contributed by atoms with Crippen LogP contribution in [0.2, 0.25) is 0 Å². The highest BCUT2D eigenvalue weighted by Crippen LogP contribution is 2.51. The molecule has 1 aliphatic rings. The van der Waals surface area contributed by atoms with Gasteiger partial charge in [-0.3, -0.25) is 4.57 Å². The van der Waals surface area contributed by atoms with E-state index < -0.39 is 32.8 Å². The monoisotopic (exact) mass is 897 g/mol. The lowest BCUT2D eigenvalue weighted by Crippen LogP contribution is -2.25. The molecule has 5 heteroatoms. The first-order chi connectivity index (χ1) is 37.8. The number of hydrogen-bond donors (Lipinski definition) is 0. The van der Waals surface area contributed by atoms with E-state index in [0.717, 1.165) is 61.4 Å². The minimum absolute atomic E-state index is 0.0890. The van der Waals surface area contributed by atoms with Gasteiger partial charge in [0.25, 0.3) is 0 Å². The number of pyridine rings is 1. The van der Waals surface area contributed by atoms with E-state index >= 15 is 0 Å². The number of aryl methyl sites for hydroxylation is 1. The number of hydrogen-bond acceptors (Lipinski definition) is 4. The molecule has 3 heterocycles. The maximum absolute atomic E-state index is 8.55. The summed E-state index contributed by atoms with van der Waals surface area (Å²) in [5.41, 5.74) is 6.55. The second-order valence-electron chi connectivity index (χ2n) is 18.4. The molecule has 5 nitrogen and oxygen atoms in total. The van der Waals surface area contributed by atoms with Crippen molar-refractivity contribution in [2.24, 2.45) is 0 Å². The Bertz CT molecular complexity index is 3950. The van der Waals surface area contributed by atoms with Crippen LogP contribution in [0.15, 0.2) is 200 Å². The number of para-hydroxylation sites is 4. The van der Waals surface area contributed by atoms with Crippen LogP contribution in [0.5, 0.6) is 11.5 Å². The Morgan fingerprint density at radius 1 is 0.500 bits per heavy atom. The molecule has 0 saturated carbocycles. The van der Waals surface area contributed by atoms with Gasteiger partial charge in [0.05, 0.1) is 28.1 Å². The fraction of sp³-hybridized carbons (Fsp3) is 0.159. The van der Waals surface area contributed by atoms with Crippen LogP contribution in [-0.2, 0) is 10.8 Å². The van der Waals surface area contributed by atoms with E-state index in [2.05, 4.69) is 65.5 Å². The Hall–Kier alpha value is -7.89. The molecule has 1 aliphatic heterocycles. The van der Waals surface area contributed by atoms with E-state index in [1.165, 1.54) is 18.2 Å². The Morgan fingerprint density at radius 3 is 1.94 bits per heavy atom. The van der Waals surface area contributed by atoms with E-state index in [9.17, 15) is 0 Å². The highest BCUT2D eigenvalue weighted by atomic mass is 16.5. The van der Waals surface area contributed by atoms with Crippen LogP contribution in [0.1, 0.15) is 74.5 Å². The summed E-state index contributed by atoms with van der Waals surface area (Å²) in [5.74, 6) is 2.02. The molecule has 0 atom stereocenters. The summed E-state index contributed by atoms with van der Waals surface area (Å²) in [6, 6.07) is 60.4. The van der Waals surface area contributed by atoms with Crippen molar-refractivity contribution in [3.8, 4) is 50.7 Å². The molecule has 0 N–H and O–H groups in total. The van der Waals surface area contributed by atoms with Crippen molar-refractivity contribution in [1.82, 2.24) is 9.55 Å². The molecule has 0 radical (unpaired) electrons. The zero-order valence-corrected chi connectivity index (χ0v) is 38.0. The third-order valence-electron chi connectivity index (χ3n) is 12.9. The Kier molecular flexibility index (Phi) is 7.68. The minimum Gasteiger partial charge on any atom is -0.457 e. The third-order valence-corrected chi connectivity index (χ3v) is 12.9. The third kappa shape index (κ3) is 7.78. The van der Waals surface area contributed by atoms with E-state index in [0.29, 0.717) is 39.4 Å². The van der Waals surface area contributed by atoms with Gasteiger partial charge in [-0.2, -0.15) is 0 Å². The zero-order chi connectivity index (χ0) is 56.7. The van der Waals surface area contributed by atoms with E-state index in [4.69, 9.17) is 26.2 Å². The van der Waals surface area contributed by atoms with Crippen LogP contribution in [0, 0.1) is 6.85 Å². The van der Waals surface area contributed by atoms with Crippen LogP contribution < -0.4 is 14.5 Å². The van der Waals surface area contributed by atoms with Crippen LogP contribution in [0.4, 0.5) is 22.7 Å². The molecule has 334 valence electrons. The molecule has 0 spiro atoms. The highest BCUT2D eigenvalue weighted by molar-refractivity contribution is 6.09. The number of nitrogens with zero attached hydrogens (tertiary/aromatic N) is 4. The summed E-state index contributed by atoms with van der Waals surface area (Å²) in [4.78, 5) is 9.15. The van der Waals surface area contributed by atoms with Gasteiger partial charge in [0, 0.05) is 62.4 Å². The van der Waals surface area contributed by atoms with Gasteiger partial charge in [-0.05, 0) is 111 Å². The standard InChI is InChI=1S/C63H56N4O/c1-42-17-8-9-22-51(42)43-29-31-44(32-30-43)52-24-16-25-53(45-18-14-19-46(37-45)62(2,3)4)61(52)66-41-65(57-27-12-13-28-58(57)66)48-20-15-21-49(39-48)68-50-33-34-55-54-23-10-11-26-56(54)67(59(55)40-50)60-38-47(35-36-64-60)63(5,6)7/h8-40H,41H2,1-7H3/i1D3,2D3,3D3,4D3. The fourth-order valence-corrected chi connectivity index (χ4v) is 9.53. The predicted octanol–water partition coefficient (Wildman–Crippen LogP) is 17.1. The van der Waals surface area contributed by atoms with E-state index in [1.807, 2.05) is 121 Å². The quantitative estimate of drug-likeness (QED) is 0.152. The lowest BCUT2D eigenvalue weighted by Gasteiger charge is -2.28. The van der Waals surface area contributed by atoms with Gasteiger partial charge >= 0.3 is 0 Å². The largest absolute Gasteiger partial charge is 0.457 e. The van der Waals surface area contributed by atoms with Gasteiger partial charge in [-0.15, -0.1) is 0 Å². The summed E-state index contributed by atoms with van der Waals surface area (Å²) >= 11 is 0. The van der Waals surface area contributed by atoms with Gasteiger partial charge in [0.15, 0.2) is 0 Å². The first kappa shape index (κ1) is 31.2. The SMILES string of the molecule is [2H]C([2H])([2H])c1ccccc1-c1ccc(-c2cccc(-c3cccc(C(C([2H])([2H])[2H])(C([2H])([2H])[2H])C([2H])([2H])[2H])c3)c2N2CN(c3cccc(Oc4ccc5c6ccccc6n(-c6cc(C(C)(C)C)ccn6)c5c4)c3)c3ccccc32)cc1. The topological polar surface area (TPSA) is 33.5 Å². The fourth-order valence-electron chi connectivity index (χ4n) is 9.53. The summed E-state index contributed by atoms with van der Waals surface area (Å²) in [6.07, 6.45) is 1.86. The Labute approximate surface area is 417 Å². The maximum atomic E-state index is 8.55. The summed E-state index contributed by atoms with van der Waals surface area (Å²) in [7, 11) is 0. The lowest BCUT2D eigenvalue weighted by molar-refractivity contribution is 0.483. The average molecular weight is 897 g/mol. The van der Waals surface area contributed by atoms with Crippen LogP contribution in [0.25, 0.3) is 61.0 Å². The minimum atomic E-state index is -3.47.